The van der Waals surface area contributed by atoms with E-state index in [9.17, 15) is 9.59 Å². The van der Waals surface area contributed by atoms with Gasteiger partial charge in [-0.15, -0.1) is 0 Å². The molecular formula is C15H18O4. The lowest BCUT2D eigenvalue weighted by Crippen LogP contribution is -2.32. The average Bonchev–Trinajstić information content (AvgIpc) is 2.57. The van der Waals surface area contributed by atoms with Crippen molar-refractivity contribution in [3.8, 4) is 0 Å². The van der Waals surface area contributed by atoms with E-state index in [4.69, 9.17) is 9.47 Å². The molecule has 4 nitrogen and oxygen atoms in total. The van der Waals surface area contributed by atoms with Gasteiger partial charge < -0.3 is 9.47 Å². The Morgan fingerprint density at radius 1 is 1.37 bits per heavy atom. The van der Waals surface area contributed by atoms with Crippen LogP contribution >= 0.6 is 0 Å². The molecule has 19 heavy (non-hydrogen) atoms. The van der Waals surface area contributed by atoms with Gasteiger partial charge in [0.15, 0.2) is 11.4 Å². The minimum Gasteiger partial charge on any atom is -0.461 e. The third kappa shape index (κ3) is 2.48. The number of hydrogen-bond donors (Lipinski definition) is 0. The van der Waals surface area contributed by atoms with E-state index in [1.807, 2.05) is 19.1 Å². The van der Waals surface area contributed by atoms with Gasteiger partial charge in [0.05, 0.1) is 0 Å². The average molecular weight is 262 g/mol. The molecule has 2 aliphatic heterocycles. The maximum Gasteiger partial charge on any atom is 0.295 e. The second-order valence-corrected chi connectivity index (χ2v) is 4.95. The van der Waals surface area contributed by atoms with Crippen molar-refractivity contribution >= 4 is 11.6 Å². The number of allylic oxidation sites excluding steroid dienone is 3. The largest absolute Gasteiger partial charge is 0.461 e. The zero-order chi connectivity index (χ0) is 14.0. The Morgan fingerprint density at radius 2 is 2.11 bits per heavy atom. The van der Waals surface area contributed by atoms with Crippen LogP contribution in [0.15, 0.2) is 35.8 Å². The molecule has 0 spiro atoms. The van der Waals surface area contributed by atoms with Crippen molar-refractivity contribution < 1.29 is 19.1 Å². The predicted molar refractivity (Wildman–Crippen MR) is 70.3 cm³/mol. The lowest BCUT2D eigenvalue weighted by atomic mass is 9.92. The normalized spacial score (nSPS) is 31.0. The van der Waals surface area contributed by atoms with Gasteiger partial charge in [0.2, 0.25) is 5.78 Å². The van der Waals surface area contributed by atoms with Crippen LogP contribution in [-0.2, 0) is 19.1 Å². The molecule has 0 aromatic rings. The van der Waals surface area contributed by atoms with Gasteiger partial charge >= 0.3 is 0 Å². The fourth-order valence-electron chi connectivity index (χ4n) is 2.11. The van der Waals surface area contributed by atoms with Crippen LogP contribution in [0.4, 0.5) is 0 Å². The summed E-state index contributed by atoms with van der Waals surface area (Å²) in [6.07, 6.45) is 8.13. The van der Waals surface area contributed by atoms with E-state index in [1.165, 1.54) is 0 Å². The van der Waals surface area contributed by atoms with E-state index in [0.29, 0.717) is 0 Å². The second kappa shape index (κ2) is 5.03. The van der Waals surface area contributed by atoms with Crippen LogP contribution in [0, 0.1) is 0 Å². The predicted octanol–water partition coefficient (Wildman–Crippen LogP) is 2.46. The van der Waals surface area contributed by atoms with E-state index >= 15 is 0 Å². The summed E-state index contributed by atoms with van der Waals surface area (Å²) in [6, 6.07) is 0. The molecular weight excluding hydrogens is 244 g/mol. The van der Waals surface area contributed by atoms with Crippen molar-refractivity contribution in [2.75, 3.05) is 0 Å². The van der Waals surface area contributed by atoms with Crippen molar-refractivity contribution in [1.29, 1.82) is 0 Å². The molecule has 0 saturated carbocycles. The van der Waals surface area contributed by atoms with Crippen molar-refractivity contribution in [3.05, 3.63) is 35.8 Å². The first-order chi connectivity index (χ1) is 8.98. The molecule has 0 unspecified atom stereocenters. The van der Waals surface area contributed by atoms with E-state index in [-0.39, 0.29) is 35.6 Å². The lowest BCUT2D eigenvalue weighted by Gasteiger charge is -2.21. The van der Waals surface area contributed by atoms with Gasteiger partial charge in [-0.25, -0.2) is 0 Å². The molecule has 0 aromatic carbocycles. The summed E-state index contributed by atoms with van der Waals surface area (Å²) in [4.78, 5) is 24.2. The van der Waals surface area contributed by atoms with Gasteiger partial charge in [-0.05, 0) is 26.3 Å². The van der Waals surface area contributed by atoms with Crippen LogP contribution in [0.2, 0.25) is 0 Å². The Kier molecular flexibility index (Phi) is 3.60. The van der Waals surface area contributed by atoms with Crippen LogP contribution < -0.4 is 0 Å². The number of ketones is 2. The molecule has 0 saturated heterocycles. The topological polar surface area (TPSA) is 52.6 Å². The van der Waals surface area contributed by atoms with Gasteiger partial charge in [0, 0.05) is 6.42 Å². The van der Waals surface area contributed by atoms with Crippen LogP contribution in [0.25, 0.3) is 0 Å². The minimum absolute atomic E-state index is 0.0738. The summed E-state index contributed by atoms with van der Waals surface area (Å²) in [5.74, 6) is -0.430. The number of hydrogen-bond acceptors (Lipinski definition) is 4. The molecule has 0 radical (unpaired) electrons. The fourth-order valence-corrected chi connectivity index (χ4v) is 2.11. The molecule has 102 valence electrons. The Hall–Kier alpha value is -1.84. The highest BCUT2D eigenvalue weighted by Gasteiger charge is 2.50. The first-order valence-corrected chi connectivity index (χ1v) is 6.50. The SMILES string of the molecule is CC/C=C/C=C\[C@@]1(C)OC2=C(C(=O)C[C@H](C)O2)C1=O. The van der Waals surface area contributed by atoms with Crippen LogP contribution in [0.3, 0.4) is 0 Å². The number of rotatable bonds is 3. The van der Waals surface area contributed by atoms with Gasteiger partial charge in [0.1, 0.15) is 11.7 Å². The minimum atomic E-state index is -1.14. The maximum atomic E-state index is 12.3. The fraction of sp³-hybridized carbons (Fsp3) is 0.467. The van der Waals surface area contributed by atoms with Crippen molar-refractivity contribution in [1.82, 2.24) is 0 Å². The van der Waals surface area contributed by atoms with E-state index in [2.05, 4.69) is 0 Å². The first-order valence-electron chi connectivity index (χ1n) is 6.50. The van der Waals surface area contributed by atoms with Gasteiger partial charge in [-0.1, -0.05) is 25.2 Å². The summed E-state index contributed by atoms with van der Waals surface area (Å²) >= 11 is 0. The zero-order valence-corrected chi connectivity index (χ0v) is 11.4. The van der Waals surface area contributed by atoms with E-state index in [0.717, 1.165) is 6.42 Å². The first kappa shape index (κ1) is 13.6. The maximum absolute atomic E-state index is 12.3. The van der Waals surface area contributed by atoms with Crippen molar-refractivity contribution in [3.63, 3.8) is 0 Å². The molecule has 2 aliphatic rings. The molecule has 4 heteroatoms. The van der Waals surface area contributed by atoms with E-state index < -0.39 is 5.60 Å². The van der Waals surface area contributed by atoms with Crippen LogP contribution in [0.1, 0.15) is 33.6 Å². The molecule has 0 amide bonds. The summed E-state index contributed by atoms with van der Waals surface area (Å²) in [5.41, 5.74) is -1.06. The Bertz CT molecular complexity index is 498. The zero-order valence-electron chi connectivity index (χ0n) is 11.4. The standard InChI is InChI=1S/C15H18O4/c1-4-5-6-7-8-15(3)13(17)12-11(16)9-10(2)18-14(12)19-15/h5-8,10H,4,9H2,1-3H3/b6-5+,8-7-/t10-,15+/m0/s1. The van der Waals surface area contributed by atoms with E-state index in [1.54, 1.807) is 26.0 Å². The molecule has 0 fully saturated rings. The Morgan fingerprint density at radius 3 is 2.79 bits per heavy atom. The molecule has 2 atom stereocenters. The van der Waals surface area contributed by atoms with Crippen LogP contribution in [0.5, 0.6) is 0 Å². The molecule has 0 aliphatic carbocycles. The highest BCUT2D eigenvalue weighted by molar-refractivity contribution is 6.25. The van der Waals surface area contributed by atoms with Gasteiger partial charge in [-0.3, -0.25) is 9.59 Å². The highest BCUT2D eigenvalue weighted by Crippen LogP contribution is 2.37. The molecule has 2 rings (SSSR count). The summed E-state index contributed by atoms with van der Waals surface area (Å²) < 4.78 is 11.0. The number of Topliss-reactive ketones (excluding diaryl/α,β-unsaturated/α-hetero) is 2. The third-order valence-electron chi connectivity index (χ3n) is 3.14. The quantitative estimate of drug-likeness (QED) is 0.579. The second-order valence-electron chi connectivity index (χ2n) is 4.95. The monoisotopic (exact) mass is 262 g/mol. The summed E-state index contributed by atoms with van der Waals surface area (Å²) in [7, 11) is 0. The molecule has 2 heterocycles. The third-order valence-corrected chi connectivity index (χ3v) is 3.14. The summed E-state index contributed by atoms with van der Waals surface area (Å²) in [6.45, 7) is 5.45. The Labute approximate surface area is 112 Å². The van der Waals surface area contributed by atoms with Gasteiger partial charge in [0.25, 0.3) is 5.95 Å². The van der Waals surface area contributed by atoms with Crippen LogP contribution in [-0.4, -0.2) is 23.3 Å². The van der Waals surface area contributed by atoms with Crippen molar-refractivity contribution in [2.24, 2.45) is 0 Å². The molecule has 0 bridgehead atoms. The smallest absolute Gasteiger partial charge is 0.295 e. The molecule has 0 N–H and O–H groups in total. The number of ether oxygens (including phenoxy) is 2. The van der Waals surface area contributed by atoms with Crippen molar-refractivity contribution in [2.45, 2.75) is 45.3 Å². The number of carbonyl (C=O) groups excluding carboxylic acids is 2. The summed E-state index contributed by atoms with van der Waals surface area (Å²) in [5, 5.41) is 0. The Balaban J connectivity index is 2.22. The lowest BCUT2D eigenvalue weighted by molar-refractivity contribution is -0.128. The molecule has 0 aromatic heterocycles. The highest BCUT2D eigenvalue weighted by atomic mass is 16.7. The van der Waals surface area contributed by atoms with Gasteiger partial charge in [-0.2, -0.15) is 0 Å². The number of carbonyl (C=O) groups is 2.